The average molecular weight is 851 g/mol. The maximum absolute atomic E-state index is 13.7. The molecule has 3 aromatic carbocycles. The Balaban J connectivity index is 0.751. The summed E-state index contributed by atoms with van der Waals surface area (Å²) in [6.07, 6.45) is 3.86. The van der Waals surface area contributed by atoms with Crippen LogP contribution < -0.4 is 25.2 Å². The number of hydrogen-bond donors (Lipinski definition) is 2. The number of amides is 5. The first-order valence-corrected chi connectivity index (χ1v) is 22.1. The molecule has 1 saturated carbocycles. The smallest absolute Gasteiger partial charge is 0.262 e. The Morgan fingerprint density at radius 2 is 1.59 bits per heavy atom. The fourth-order valence-electron chi connectivity index (χ4n) is 11.2. The molecule has 63 heavy (non-hydrogen) atoms. The van der Waals surface area contributed by atoms with Gasteiger partial charge in [0.05, 0.1) is 22.2 Å². The molecule has 0 bridgehead atoms. The van der Waals surface area contributed by atoms with Crippen LogP contribution in [0.4, 0.5) is 11.4 Å². The molecular formula is C49H54N8O6. The summed E-state index contributed by atoms with van der Waals surface area (Å²) in [5, 5.41) is 16.0. The third kappa shape index (κ3) is 7.45. The van der Waals surface area contributed by atoms with Crippen molar-refractivity contribution in [1.82, 2.24) is 25.4 Å². The highest BCUT2D eigenvalue weighted by Crippen LogP contribution is 2.56. The number of nitrogens with zero attached hydrogens (tertiary/aromatic N) is 6. The average Bonchev–Trinajstić information content (AvgIpc) is 3.52. The fourth-order valence-corrected chi connectivity index (χ4v) is 11.2. The Kier molecular flexibility index (Phi) is 10.7. The number of aromatic nitrogens is 1. The zero-order valence-electron chi connectivity index (χ0n) is 36.5. The predicted octanol–water partition coefficient (Wildman–Crippen LogP) is 5.55. The molecule has 4 fully saturated rings. The minimum absolute atomic E-state index is 0.0881. The van der Waals surface area contributed by atoms with E-state index in [1.165, 1.54) is 0 Å². The standard InChI is InChI=1S/C49H54N8O6/c1-29-27-56(34-13-14-35-37(25-34)45(62)57(44(35)61)38-15-17-40(58)52-43(38)60)24-23-55(29)28-30-18-21-54(22-19-30)33-11-8-31(9-12-33)42(59)53-46-48(2,3)47(49(46,4)5)63-39-16-10-32(26-50)41-36(39)7-6-20-51-41/h6-14,16,20,25,29-30,38,46-47H,15,17-19,21-24,27-28H2,1-5H3,(H,53,59)(H,52,58,60)/t29-,38-,46?,47?/m0/s1. The van der Waals surface area contributed by atoms with Crippen molar-refractivity contribution in [2.45, 2.75) is 84.5 Å². The highest BCUT2D eigenvalue weighted by molar-refractivity contribution is 6.23. The summed E-state index contributed by atoms with van der Waals surface area (Å²) in [5.74, 6) is -0.845. The Hall–Kier alpha value is -6.33. The van der Waals surface area contributed by atoms with Crippen LogP contribution in [0.25, 0.3) is 10.9 Å². The Morgan fingerprint density at radius 3 is 2.29 bits per heavy atom. The molecule has 5 amide bonds. The molecule has 2 atom stereocenters. The maximum atomic E-state index is 13.7. The van der Waals surface area contributed by atoms with Crippen LogP contribution in [0.1, 0.15) is 96.9 Å². The van der Waals surface area contributed by atoms with Crippen molar-refractivity contribution in [3.63, 3.8) is 0 Å². The van der Waals surface area contributed by atoms with Crippen LogP contribution in [0.15, 0.2) is 72.9 Å². The number of fused-ring (bicyclic) bond motifs is 2. The number of carbonyl (C=O) groups excluding carboxylic acids is 5. The first kappa shape index (κ1) is 42.0. The van der Waals surface area contributed by atoms with Gasteiger partial charge < -0.3 is 19.9 Å². The molecule has 0 unspecified atom stereocenters. The van der Waals surface area contributed by atoms with Crippen molar-refractivity contribution < 1.29 is 28.7 Å². The third-order valence-corrected chi connectivity index (χ3v) is 14.4. The van der Waals surface area contributed by atoms with E-state index in [0.29, 0.717) is 39.4 Å². The number of nitrogens with one attached hydrogen (secondary N) is 2. The van der Waals surface area contributed by atoms with Gasteiger partial charge in [-0.15, -0.1) is 0 Å². The summed E-state index contributed by atoms with van der Waals surface area (Å²) in [6, 6.07) is 22.0. The van der Waals surface area contributed by atoms with Gasteiger partial charge in [-0.1, -0.05) is 27.7 Å². The zero-order chi connectivity index (χ0) is 44.4. The fraction of sp³-hybridized carbons (Fsp3) is 0.449. The number of carbonyl (C=O) groups is 5. The van der Waals surface area contributed by atoms with E-state index in [0.717, 1.165) is 73.8 Å². The number of benzene rings is 3. The monoisotopic (exact) mass is 850 g/mol. The Labute approximate surface area is 367 Å². The highest BCUT2D eigenvalue weighted by Gasteiger charge is 2.64. The van der Waals surface area contributed by atoms with Crippen molar-refractivity contribution in [3.8, 4) is 11.8 Å². The lowest BCUT2D eigenvalue weighted by Gasteiger charge is -2.63. The number of piperidine rings is 2. The second-order valence-electron chi connectivity index (χ2n) is 19.1. The number of ether oxygens (including phenoxy) is 1. The summed E-state index contributed by atoms with van der Waals surface area (Å²) >= 11 is 0. The van der Waals surface area contributed by atoms with Crippen LogP contribution in [0.5, 0.6) is 5.75 Å². The largest absolute Gasteiger partial charge is 0.488 e. The Bertz CT molecular complexity index is 2540. The second kappa shape index (κ2) is 16.1. The number of imide groups is 2. The second-order valence-corrected chi connectivity index (χ2v) is 19.1. The number of nitriles is 1. The van der Waals surface area contributed by atoms with Gasteiger partial charge in [-0.2, -0.15) is 5.26 Å². The molecular weight excluding hydrogens is 797 g/mol. The van der Waals surface area contributed by atoms with Gasteiger partial charge in [0.2, 0.25) is 11.8 Å². The van der Waals surface area contributed by atoms with Crippen LogP contribution >= 0.6 is 0 Å². The van der Waals surface area contributed by atoms with E-state index in [1.807, 2.05) is 36.4 Å². The van der Waals surface area contributed by atoms with Gasteiger partial charge in [-0.3, -0.25) is 44.1 Å². The molecule has 3 saturated heterocycles. The van der Waals surface area contributed by atoms with Crippen molar-refractivity contribution in [2.75, 3.05) is 49.1 Å². The maximum Gasteiger partial charge on any atom is 0.262 e. The lowest BCUT2D eigenvalue weighted by Crippen LogP contribution is -2.74. The Morgan fingerprint density at radius 1 is 0.873 bits per heavy atom. The highest BCUT2D eigenvalue weighted by atomic mass is 16.5. The number of pyridine rings is 1. The quantitative estimate of drug-likeness (QED) is 0.203. The van der Waals surface area contributed by atoms with Crippen molar-refractivity contribution in [3.05, 3.63) is 95.2 Å². The van der Waals surface area contributed by atoms with Crippen LogP contribution in [0.2, 0.25) is 0 Å². The van der Waals surface area contributed by atoms with Crippen molar-refractivity contribution >= 4 is 51.8 Å². The van der Waals surface area contributed by atoms with E-state index in [4.69, 9.17) is 4.74 Å². The van der Waals surface area contributed by atoms with Gasteiger partial charge >= 0.3 is 0 Å². The minimum atomic E-state index is -0.980. The summed E-state index contributed by atoms with van der Waals surface area (Å²) in [5.41, 5.74) is 3.60. The molecule has 9 rings (SSSR count). The minimum Gasteiger partial charge on any atom is -0.488 e. The molecule has 1 aromatic heterocycles. The molecule has 326 valence electrons. The summed E-state index contributed by atoms with van der Waals surface area (Å²) in [4.78, 5) is 77.1. The summed E-state index contributed by atoms with van der Waals surface area (Å²) in [7, 11) is 0. The first-order valence-electron chi connectivity index (χ1n) is 22.1. The van der Waals surface area contributed by atoms with E-state index >= 15 is 0 Å². The van der Waals surface area contributed by atoms with Crippen LogP contribution in [0.3, 0.4) is 0 Å². The number of anilines is 2. The molecule has 5 heterocycles. The molecule has 0 radical (unpaired) electrons. The molecule has 4 aliphatic heterocycles. The van der Waals surface area contributed by atoms with Crippen molar-refractivity contribution in [1.29, 1.82) is 5.26 Å². The molecule has 1 aliphatic carbocycles. The van der Waals surface area contributed by atoms with E-state index in [9.17, 15) is 29.2 Å². The molecule has 4 aromatic rings. The summed E-state index contributed by atoms with van der Waals surface area (Å²) in [6.45, 7) is 16.1. The van der Waals surface area contributed by atoms with E-state index in [2.05, 4.69) is 83.1 Å². The van der Waals surface area contributed by atoms with Crippen LogP contribution in [-0.2, 0) is 9.59 Å². The van der Waals surface area contributed by atoms with Crippen LogP contribution in [0, 0.1) is 28.1 Å². The van der Waals surface area contributed by atoms with E-state index in [-0.39, 0.29) is 47.8 Å². The molecule has 0 spiro atoms. The topological polar surface area (TPSA) is 168 Å². The number of piperazine rings is 1. The van der Waals surface area contributed by atoms with Gasteiger partial charge in [-0.25, -0.2) is 0 Å². The van der Waals surface area contributed by atoms with E-state index < -0.39 is 29.7 Å². The van der Waals surface area contributed by atoms with Gasteiger partial charge in [0.15, 0.2) is 0 Å². The first-order chi connectivity index (χ1) is 30.1. The van der Waals surface area contributed by atoms with Crippen molar-refractivity contribution in [2.24, 2.45) is 16.7 Å². The predicted molar refractivity (Wildman–Crippen MR) is 237 cm³/mol. The SMILES string of the molecule is C[C@H]1CN(c2ccc3c(c2)C(=O)N([C@H]2CCC(=O)NC2=O)C3=O)CCN1CC1CCN(c2ccc(C(=O)NC3C(C)(C)C(Oc4ccc(C#N)c5ncccc45)C3(C)C)cc2)CC1. The number of rotatable bonds is 9. The number of hydrogen-bond acceptors (Lipinski definition) is 11. The molecule has 2 N–H and O–H groups in total. The lowest BCUT2D eigenvalue weighted by atomic mass is 9.49. The normalized spacial score (nSPS) is 24.7. The van der Waals surface area contributed by atoms with Gasteiger partial charge in [0.1, 0.15) is 24.0 Å². The van der Waals surface area contributed by atoms with Gasteiger partial charge in [0, 0.05) is 97.1 Å². The molecule has 14 heteroatoms. The lowest BCUT2D eigenvalue weighted by molar-refractivity contribution is -0.163. The molecule has 14 nitrogen and oxygen atoms in total. The third-order valence-electron chi connectivity index (χ3n) is 14.4. The van der Waals surface area contributed by atoms with Gasteiger partial charge in [0.25, 0.3) is 17.7 Å². The van der Waals surface area contributed by atoms with Crippen LogP contribution in [-0.4, -0.2) is 108 Å². The van der Waals surface area contributed by atoms with E-state index in [1.54, 1.807) is 24.4 Å². The van der Waals surface area contributed by atoms with Gasteiger partial charge in [-0.05, 0) is 98.8 Å². The molecule has 5 aliphatic rings. The summed E-state index contributed by atoms with van der Waals surface area (Å²) < 4.78 is 6.66. The zero-order valence-corrected chi connectivity index (χ0v) is 36.5.